The van der Waals surface area contributed by atoms with E-state index in [-0.39, 0.29) is 6.03 Å². The zero-order chi connectivity index (χ0) is 17.5. The van der Waals surface area contributed by atoms with Crippen molar-refractivity contribution in [3.05, 3.63) is 29.8 Å². The van der Waals surface area contributed by atoms with Gasteiger partial charge in [-0.3, -0.25) is 0 Å². The molecule has 1 atom stereocenters. The van der Waals surface area contributed by atoms with Crippen LogP contribution >= 0.6 is 11.8 Å². The molecule has 3 rings (SSSR count). The number of amides is 2. The Morgan fingerprint density at radius 3 is 2.68 bits per heavy atom. The molecule has 0 bridgehead atoms. The number of thioether (sulfide) groups is 1. The van der Waals surface area contributed by atoms with Crippen LogP contribution in [0.3, 0.4) is 0 Å². The maximum atomic E-state index is 12.8. The minimum atomic E-state index is 0.0718. The number of rotatable bonds is 5. The molecule has 25 heavy (non-hydrogen) atoms. The van der Waals surface area contributed by atoms with Crippen molar-refractivity contribution in [3.63, 3.8) is 0 Å². The summed E-state index contributed by atoms with van der Waals surface area (Å²) in [4.78, 5) is 17.4. The molecule has 2 aliphatic rings. The summed E-state index contributed by atoms with van der Waals surface area (Å²) in [6, 6.07) is 8.25. The molecule has 1 aromatic carbocycles. The van der Waals surface area contributed by atoms with Crippen LogP contribution in [0.5, 0.6) is 5.75 Å². The first-order valence-corrected chi connectivity index (χ1v) is 10.4. The van der Waals surface area contributed by atoms with Gasteiger partial charge in [0.2, 0.25) is 0 Å². The normalized spacial score (nSPS) is 21.8. The second kappa shape index (κ2) is 9.34. The first kappa shape index (κ1) is 18.4. The third-order valence-corrected chi connectivity index (χ3v) is 6.17. The topological polar surface area (TPSA) is 44.8 Å². The first-order chi connectivity index (χ1) is 12.3. The van der Waals surface area contributed by atoms with E-state index in [0.717, 1.165) is 42.3 Å². The Balaban J connectivity index is 1.56. The molecule has 5 nitrogen and oxygen atoms in total. The number of nitrogens with zero attached hydrogens (tertiary/aromatic N) is 2. The fourth-order valence-electron chi connectivity index (χ4n) is 3.53. The van der Waals surface area contributed by atoms with Gasteiger partial charge in [0.05, 0.1) is 13.2 Å². The molecule has 2 aliphatic heterocycles. The lowest BCUT2D eigenvalue weighted by molar-refractivity contribution is 0.162. The van der Waals surface area contributed by atoms with Gasteiger partial charge in [-0.2, -0.15) is 11.8 Å². The standard InChI is InChI=1S/C19H29N3O2S/c1-24-18-7-5-16(6-8-18)13-20-19(23)22-11-4-12-25-15-17(22)14-21-9-2-3-10-21/h5-8,17H,2-4,9-15H2,1H3,(H,20,23). The second-order valence-corrected chi connectivity index (χ2v) is 7.94. The number of urea groups is 1. The summed E-state index contributed by atoms with van der Waals surface area (Å²) in [5, 5.41) is 3.11. The summed E-state index contributed by atoms with van der Waals surface area (Å²) in [6.07, 6.45) is 3.67. The van der Waals surface area contributed by atoms with Crippen LogP contribution in [-0.2, 0) is 6.54 Å². The largest absolute Gasteiger partial charge is 0.497 e. The molecule has 2 amide bonds. The van der Waals surface area contributed by atoms with Gasteiger partial charge in [-0.05, 0) is 55.8 Å². The van der Waals surface area contributed by atoms with Crippen molar-refractivity contribution < 1.29 is 9.53 Å². The van der Waals surface area contributed by atoms with Gasteiger partial charge < -0.3 is 19.9 Å². The lowest BCUT2D eigenvalue weighted by Gasteiger charge is -2.32. The minimum Gasteiger partial charge on any atom is -0.497 e. The molecule has 0 aromatic heterocycles. The van der Waals surface area contributed by atoms with Crippen molar-refractivity contribution in [3.8, 4) is 5.75 Å². The predicted molar refractivity (Wildman–Crippen MR) is 103 cm³/mol. The Morgan fingerprint density at radius 1 is 1.20 bits per heavy atom. The van der Waals surface area contributed by atoms with Crippen molar-refractivity contribution in [2.75, 3.05) is 44.8 Å². The lowest BCUT2D eigenvalue weighted by Crippen LogP contribution is -2.51. The van der Waals surface area contributed by atoms with E-state index >= 15 is 0 Å². The van der Waals surface area contributed by atoms with Gasteiger partial charge in [0.1, 0.15) is 5.75 Å². The minimum absolute atomic E-state index is 0.0718. The smallest absolute Gasteiger partial charge is 0.317 e. The number of methoxy groups -OCH3 is 1. The average Bonchev–Trinajstić information content (AvgIpc) is 3.04. The van der Waals surface area contributed by atoms with Gasteiger partial charge in [0.15, 0.2) is 0 Å². The zero-order valence-corrected chi connectivity index (χ0v) is 15.9. The molecule has 1 unspecified atom stereocenters. The quantitative estimate of drug-likeness (QED) is 0.874. The van der Waals surface area contributed by atoms with E-state index < -0.39 is 0 Å². The molecule has 6 heteroatoms. The Labute approximate surface area is 155 Å². The van der Waals surface area contributed by atoms with Gasteiger partial charge in [0.25, 0.3) is 0 Å². The summed E-state index contributed by atoms with van der Waals surface area (Å²) in [6.45, 7) is 4.80. The van der Waals surface area contributed by atoms with Gasteiger partial charge in [-0.1, -0.05) is 12.1 Å². The highest BCUT2D eigenvalue weighted by Crippen LogP contribution is 2.19. The van der Waals surface area contributed by atoms with E-state index in [4.69, 9.17) is 4.74 Å². The molecule has 0 radical (unpaired) electrons. The molecular formula is C19H29N3O2S. The monoisotopic (exact) mass is 363 g/mol. The number of likely N-dealkylation sites (tertiary alicyclic amines) is 1. The Morgan fingerprint density at radius 2 is 1.96 bits per heavy atom. The van der Waals surface area contributed by atoms with Crippen molar-refractivity contribution in [1.82, 2.24) is 15.1 Å². The number of ether oxygens (including phenoxy) is 1. The van der Waals surface area contributed by atoms with E-state index in [9.17, 15) is 4.79 Å². The molecule has 0 aliphatic carbocycles. The number of benzene rings is 1. The van der Waals surface area contributed by atoms with Crippen LogP contribution in [0.1, 0.15) is 24.8 Å². The average molecular weight is 364 g/mol. The lowest BCUT2D eigenvalue weighted by atomic mass is 10.2. The molecular weight excluding hydrogens is 334 g/mol. The second-order valence-electron chi connectivity index (χ2n) is 6.79. The van der Waals surface area contributed by atoms with E-state index in [2.05, 4.69) is 15.1 Å². The summed E-state index contributed by atoms with van der Waals surface area (Å²) < 4.78 is 5.18. The van der Waals surface area contributed by atoms with Crippen LogP contribution in [0.25, 0.3) is 0 Å². The zero-order valence-electron chi connectivity index (χ0n) is 15.1. The van der Waals surface area contributed by atoms with Gasteiger partial charge in [-0.25, -0.2) is 4.79 Å². The number of nitrogens with one attached hydrogen (secondary N) is 1. The molecule has 138 valence electrons. The third-order valence-electron chi connectivity index (χ3n) is 4.97. The van der Waals surface area contributed by atoms with Crippen LogP contribution in [-0.4, -0.2) is 66.7 Å². The van der Waals surface area contributed by atoms with E-state index in [1.807, 2.05) is 36.0 Å². The predicted octanol–water partition coefficient (Wildman–Crippen LogP) is 2.81. The Hall–Kier alpha value is -1.40. The van der Waals surface area contributed by atoms with Crippen molar-refractivity contribution in [2.24, 2.45) is 0 Å². The van der Waals surface area contributed by atoms with Gasteiger partial charge >= 0.3 is 6.03 Å². The van der Waals surface area contributed by atoms with Gasteiger partial charge in [0, 0.05) is 25.4 Å². The van der Waals surface area contributed by atoms with Crippen LogP contribution in [0.4, 0.5) is 4.79 Å². The highest BCUT2D eigenvalue weighted by atomic mass is 32.2. The molecule has 2 fully saturated rings. The highest BCUT2D eigenvalue weighted by molar-refractivity contribution is 7.99. The fraction of sp³-hybridized carbons (Fsp3) is 0.632. The van der Waals surface area contributed by atoms with E-state index in [0.29, 0.717) is 12.6 Å². The summed E-state index contributed by atoms with van der Waals surface area (Å²) >= 11 is 1.98. The van der Waals surface area contributed by atoms with Crippen molar-refractivity contribution >= 4 is 17.8 Å². The number of carbonyl (C=O) groups excluding carboxylic acids is 1. The van der Waals surface area contributed by atoms with E-state index in [1.54, 1.807) is 7.11 Å². The summed E-state index contributed by atoms with van der Waals surface area (Å²) in [5.74, 6) is 3.04. The maximum absolute atomic E-state index is 12.8. The van der Waals surface area contributed by atoms with Gasteiger partial charge in [-0.15, -0.1) is 0 Å². The summed E-state index contributed by atoms with van der Waals surface area (Å²) in [7, 11) is 1.66. The number of hydrogen-bond acceptors (Lipinski definition) is 4. The molecule has 0 spiro atoms. The van der Waals surface area contributed by atoms with E-state index in [1.165, 1.54) is 25.9 Å². The summed E-state index contributed by atoms with van der Waals surface area (Å²) in [5.41, 5.74) is 1.09. The van der Waals surface area contributed by atoms with Crippen molar-refractivity contribution in [1.29, 1.82) is 0 Å². The SMILES string of the molecule is COc1ccc(CNC(=O)N2CCCSCC2CN2CCCC2)cc1. The molecule has 0 saturated carbocycles. The fourth-order valence-corrected chi connectivity index (χ4v) is 4.59. The van der Waals surface area contributed by atoms with Crippen molar-refractivity contribution in [2.45, 2.75) is 31.8 Å². The molecule has 2 heterocycles. The Kier molecular flexibility index (Phi) is 6.87. The first-order valence-electron chi connectivity index (χ1n) is 9.24. The highest BCUT2D eigenvalue weighted by Gasteiger charge is 2.28. The maximum Gasteiger partial charge on any atom is 0.317 e. The van der Waals surface area contributed by atoms with Crippen LogP contribution < -0.4 is 10.1 Å². The van der Waals surface area contributed by atoms with Crippen LogP contribution in [0.2, 0.25) is 0 Å². The molecule has 1 aromatic rings. The van der Waals surface area contributed by atoms with Crippen LogP contribution in [0, 0.1) is 0 Å². The number of carbonyl (C=O) groups is 1. The number of hydrogen-bond donors (Lipinski definition) is 1. The molecule has 1 N–H and O–H groups in total. The van der Waals surface area contributed by atoms with Crippen LogP contribution in [0.15, 0.2) is 24.3 Å². The molecule has 2 saturated heterocycles. The third kappa shape index (κ3) is 5.28. The Bertz CT molecular complexity index is 546.